The zero-order chi connectivity index (χ0) is 23.5. The molecule has 0 radical (unpaired) electrons. The first kappa shape index (κ1) is 23.7. The van der Waals surface area contributed by atoms with Crippen LogP contribution in [0, 0.1) is 6.92 Å². The van der Waals surface area contributed by atoms with Gasteiger partial charge < -0.3 is 15.3 Å². The van der Waals surface area contributed by atoms with Crippen LogP contribution in [0.3, 0.4) is 0 Å². The molecule has 7 nitrogen and oxygen atoms in total. The molecule has 0 spiro atoms. The molecule has 8 heteroatoms. The summed E-state index contributed by atoms with van der Waals surface area (Å²) < 4.78 is 0. The van der Waals surface area contributed by atoms with E-state index in [1.807, 2.05) is 11.8 Å². The largest absolute Gasteiger partial charge is 0.392 e. The number of β-amino-alcohol motifs (C(OH)–C–C–N with tert-alkyl or cyclic N) is 1. The van der Waals surface area contributed by atoms with Crippen molar-refractivity contribution in [1.29, 1.82) is 0 Å². The van der Waals surface area contributed by atoms with Gasteiger partial charge in [0, 0.05) is 32.2 Å². The number of aliphatic hydroxyl groups is 1. The molecule has 1 amide bonds. The maximum Gasteiger partial charge on any atom is 0.264 e. The molecule has 5 rings (SSSR count). The van der Waals surface area contributed by atoms with Crippen molar-refractivity contribution in [2.24, 2.45) is 0 Å². The summed E-state index contributed by atoms with van der Waals surface area (Å²) in [6, 6.07) is 0.475. The zero-order valence-corrected chi connectivity index (χ0v) is 21.1. The molecule has 0 bridgehead atoms. The first-order valence-corrected chi connectivity index (χ1v) is 13.8. The van der Waals surface area contributed by atoms with Gasteiger partial charge in [-0.2, -0.15) is 0 Å². The summed E-state index contributed by atoms with van der Waals surface area (Å²) in [6.07, 6.45) is 13.8. The van der Waals surface area contributed by atoms with Gasteiger partial charge in [-0.1, -0.05) is 11.6 Å². The lowest BCUT2D eigenvalue weighted by Gasteiger charge is -2.41. The van der Waals surface area contributed by atoms with Crippen LogP contribution in [0.2, 0.25) is 0 Å². The van der Waals surface area contributed by atoms with Crippen molar-refractivity contribution in [2.45, 2.75) is 76.9 Å². The van der Waals surface area contributed by atoms with Gasteiger partial charge >= 0.3 is 0 Å². The van der Waals surface area contributed by atoms with Gasteiger partial charge in [-0.15, -0.1) is 11.3 Å². The molecule has 1 aliphatic carbocycles. The van der Waals surface area contributed by atoms with Crippen molar-refractivity contribution < 1.29 is 9.90 Å². The number of aliphatic hydroxyl groups excluding tert-OH is 1. The summed E-state index contributed by atoms with van der Waals surface area (Å²) in [5, 5.41) is 14.5. The Hall–Kier alpha value is -2.03. The summed E-state index contributed by atoms with van der Waals surface area (Å²) in [7, 11) is 0. The second kappa shape index (κ2) is 10.7. The Morgan fingerprint density at radius 3 is 2.79 bits per heavy atom. The second-order valence-corrected chi connectivity index (χ2v) is 11.1. The number of aromatic nitrogens is 2. The first-order valence-electron chi connectivity index (χ1n) is 13.0. The summed E-state index contributed by atoms with van der Waals surface area (Å²) in [5.41, 5.74) is 2.54. The Balaban J connectivity index is 1.24. The van der Waals surface area contributed by atoms with Gasteiger partial charge in [0.05, 0.1) is 16.4 Å². The molecule has 0 aromatic carbocycles. The highest BCUT2D eigenvalue weighted by Crippen LogP contribution is 2.35. The van der Waals surface area contributed by atoms with E-state index in [2.05, 4.69) is 26.3 Å². The number of amides is 1. The average molecular weight is 484 g/mol. The van der Waals surface area contributed by atoms with E-state index in [-0.39, 0.29) is 12.0 Å². The fraction of sp³-hybridized carbons (Fsp3) is 0.654. The Morgan fingerprint density at radius 2 is 2.03 bits per heavy atom. The van der Waals surface area contributed by atoms with E-state index in [1.165, 1.54) is 37.0 Å². The van der Waals surface area contributed by atoms with Crippen LogP contribution in [-0.4, -0.2) is 75.7 Å². The molecule has 2 aliphatic heterocycles. The minimum atomic E-state index is -0.196. The summed E-state index contributed by atoms with van der Waals surface area (Å²) >= 11 is 1.49. The highest BCUT2D eigenvalue weighted by Gasteiger charge is 2.31. The number of piperidine rings is 2. The molecule has 2 aromatic rings. The van der Waals surface area contributed by atoms with E-state index >= 15 is 0 Å². The fourth-order valence-electron chi connectivity index (χ4n) is 5.78. The topological polar surface area (TPSA) is 81.6 Å². The van der Waals surface area contributed by atoms with Gasteiger partial charge in [0.25, 0.3) is 5.91 Å². The quantitative estimate of drug-likeness (QED) is 0.594. The minimum absolute atomic E-state index is 0.121. The molecule has 1 atom stereocenters. The monoisotopic (exact) mass is 483 g/mol. The van der Waals surface area contributed by atoms with Crippen LogP contribution in [0.1, 0.15) is 73.0 Å². The number of nitrogens with zero attached hydrogens (tertiary/aromatic N) is 4. The number of anilines is 1. The van der Waals surface area contributed by atoms with Crippen LogP contribution in [0.25, 0.3) is 10.2 Å². The van der Waals surface area contributed by atoms with Crippen molar-refractivity contribution in [3.05, 3.63) is 28.4 Å². The molecular formula is C26H37N5O2S. The van der Waals surface area contributed by atoms with E-state index in [4.69, 9.17) is 0 Å². The Kier molecular flexibility index (Phi) is 7.46. The summed E-state index contributed by atoms with van der Waals surface area (Å²) in [5.74, 6) is 0.965. The fourth-order valence-corrected chi connectivity index (χ4v) is 6.89. The summed E-state index contributed by atoms with van der Waals surface area (Å²) in [6.45, 7) is 6.28. The first-order chi connectivity index (χ1) is 16.6. The molecule has 2 saturated heterocycles. The Bertz CT molecular complexity index is 1040. The SMILES string of the molecule is Cc1c(C(=O)N2CCC(N3CCC[C@@H](O)C3)CC2)sc2ncnc(NCCC3=CCCCC3)c12. The van der Waals surface area contributed by atoms with Crippen LogP contribution < -0.4 is 5.32 Å². The van der Waals surface area contributed by atoms with Gasteiger partial charge in [0.2, 0.25) is 0 Å². The van der Waals surface area contributed by atoms with Crippen LogP contribution in [0.5, 0.6) is 0 Å². The lowest BCUT2D eigenvalue weighted by Crippen LogP contribution is -2.50. The molecule has 2 fully saturated rings. The number of carbonyl (C=O) groups excluding carboxylic acids is 1. The average Bonchev–Trinajstić information content (AvgIpc) is 3.21. The van der Waals surface area contributed by atoms with Gasteiger partial charge in [-0.25, -0.2) is 9.97 Å². The number of thiophene rings is 1. The number of hydrogen-bond donors (Lipinski definition) is 2. The molecule has 34 heavy (non-hydrogen) atoms. The predicted molar refractivity (Wildman–Crippen MR) is 138 cm³/mol. The van der Waals surface area contributed by atoms with Crippen molar-refractivity contribution in [1.82, 2.24) is 19.8 Å². The van der Waals surface area contributed by atoms with Gasteiger partial charge in [0.1, 0.15) is 17.0 Å². The van der Waals surface area contributed by atoms with Gasteiger partial charge in [0.15, 0.2) is 0 Å². The van der Waals surface area contributed by atoms with Gasteiger partial charge in [-0.05, 0) is 76.8 Å². The van der Waals surface area contributed by atoms with E-state index < -0.39 is 0 Å². The molecule has 4 heterocycles. The highest BCUT2D eigenvalue weighted by atomic mass is 32.1. The third kappa shape index (κ3) is 5.14. The normalized spacial score (nSPS) is 22.7. The van der Waals surface area contributed by atoms with Crippen molar-refractivity contribution in [2.75, 3.05) is 38.0 Å². The Labute approximate surface area is 206 Å². The second-order valence-electron chi connectivity index (χ2n) is 10.1. The molecular weight excluding hydrogens is 446 g/mol. The van der Waals surface area contributed by atoms with Crippen LogP contribution >= 0.6 is 11.3 Å². The minimum Gasteiger partial charge on any atom is -0.392 e. The zero-order valence-electron chi connectivity index (χ0n) is 20.3. The molecule has 0 saturated carbocycles. The number of rotatable bonds is 6. The lowest BCUT2D eigenvalue weighted by atomic mass is 9.97. The molecule has 184 valence electrons. The third-order valence-corrected chi connectivity index (χ3v) is 8.93. The summed E-state index contributed by atoms with van der Waals surface area (Å²) in [4.78, 5) is 28.6. The smallest absolute Gasteiger partial charge is 0.264 e. The van der Waals surface area contributed by atoms with Crippen LogP contribution in [0.4, 0.5) is 5.82 Å². The highest BCUT2D eigenvalue weighted by molar-refractivity contribution is 7.20. The lowest BCUT2D eigenvalue weighted by molar-refractivity contribution is 0.0241. The van der Waals surface area contributed by atoms with E-state index in [1.54, 1.807) is 11.9 Å². The number of aryl methyl sites for hydroxylation is 1. The van der Waals surface area contributed by atoms with Crippen LogP contribution in [0.15, 0.2) is 18.0 Å². The maximum absolute atomic E-state index is 13.5. The maximum atomic E-state index is 13.5. The number of hydrogen-bond acceptors (Lipinski definition) is 7. The molecule has 3 aliphatic rings. The van der Waals surface area contributed by atoms with Gasteiger partial charge in [-0.3, -0.25) is 9.69 Å². The number of carbonyl (C=O) groups is 1. The van der Waals surface area contributed by atoms with E-state index in [0.717, 1.165) is 91.3 Å². The van der Waals surface area contributed by atoms with Crippen LogP contribution in [-0.2, 0) is 0 Å². The van der Waals surface area contributed by atoms with E-state index in [0.29, 0.717) is 6.04 Å². The Morgan fingerprint density at radius 1 is 1.18 bits per heavy atom. The standard InChI is InChI=1S/C26H37N5O2S/c1-18-22-24(27-12-9-19-6-3-2-4-7-19)28-17-29-25(22)34-23(18)26(33)30-14-10-20(11-15-30)31-13-5-8-21(32)16-31/h6,17,20-21,32H,2-5,7-16H2,1H3,(H,27,28,29)/t21-/m1/s1. The predicted octanol–water partition coefficient (Wildman–Crippen LogP) is 4.36. The van der Waals surface area contributed by atoms with Crippen molar-refractivity contribution in [3.63, 3.8) is 0 Å². The third-order valence-electron chi connectivity index (χ3n) is 7.74. The number of allylic oxidation sites excluding steroid dienone is 1. The molecule has 2 N–H and O–H groups in total. The van der Waals surface area contributed by atoms with E-state index in [9.17, 15) is 9.90 Å². The number of fused-ring (bicyclic) bond motifs is 1. The molecule has 2 aromatic heterocycles. The molecule has 0 unspecified atom stereocenters. The number of likely N-dealkylation sites (tertiary alicyclic amines) is 2. The van der Waals surface area contributed by atoms with Crippen molar-refractivity contribution in [3.8, 4) is 0 Å². The number of nitrogens with one attached hydrogen (secondary N) is 1. The van der Waals surface area contributed by atoms with Crippen molar-refractivity contribution >= 4 is 33.3 Å².